The molecule has 0 aliphatic carbocycles. The molecule has 0 radical (unpaired) electrons. The van der Waals surface area contributed by atoms with Gasteiger partial charge in [-0.15, -0.1) is 0 Å². The van der Waals surface area contributed by atoms with Gasteiger partial charge >= 0.3 is 0 Å². The second-order valence-electron chi connectivity index (χ2n) is 3.71. The lowest BCUT2D eigenvalue weighted by Crippen LogP contribution is -1.76. The molecule has 82 valence electrons. The highest BCUT2D eigenvalue weighted by Gasteiger charge is 1.86. The van der Waals surface area contributed by atoms with Gasteiger partial charge in [-0.25, -0.2) is 0 Å². The molecular formula is C15H22. The number of allylic oxidation sites excluding steroid dienone is 10. The molecule has 0 nitrogen and oxygen atoms in total. The third-order valence-electron chi connectivity index (χ3n) is 2.16. The summed E-state index contributed by atoms with van der Waals surface area (Å²) in [5.74, 6) is 0. The molecular weight excluding hydrogens is 180 g/mol. The maximum Gasteiger partial charge on any atom is -0.0136 e. The van der Waals surface area contributed by atoms with Gasteiger partial charge in [0.25, 0.3) is 0 Å². The van der Waals surface area contributed by atoms with E-state index in [4.69, 9.17) is 0 Å². The maximum atomic E-state index is 2.18. The lowest BCUT2D eigenvalue weighted by Gasteiger charge is -1.96. The average Bonchev–Trinajstić information content (AvgIpc) is 2.21. The first kappa shape index (κ1) is 13.7. The Morgan fingerprint density at radius 1 is 0.800 bits per heavy atom. The minimum atomic E-state index is 1.05. The Morgan fingerprint density at radius 3 is 1.87 bits per heavy atom. The molecule has 0 aliphatic heterocycles. The Morgan fingerprint density at radius 2 is 1.33 bits per heavy atom. The van der Waals surface area contributed by atoms with Gasteiger partial charge in [-0.3, -0.25) is 0 Å². The van der Waals surface area contributed by atoms with E-state index in [-0.39, 0.29) is 0 Å². The van der Waals surface area contributed by atoms with E-state index in [1.54, 1.807) is 0 Å². The van der Waals surface area contributed by atoms with Crippen LogP contribution in [0.15, 0.2) is 59.8 Å². The van der Waals surface area contributed by atoms with E-state index >= 15 is 0 Å². The zero-order valence-electron chi connectivity index (χ0n) is 10.3. The van der Waals surface area contributed by atoms with Gasteiger partial charge in [0.05, 0.1) is 0 Å². The summed E-state index contributed by atoms with van der Waals surface area (Å²) in [7, 11) is 0. The van der Waals surface area contributed by atoms with Gasteiger partial charge in [-0.2, -0.15) is 0 Å². The van der Waals surface area contributed by atoms with Crippen LogP contribution >= 0.6 is 0 Å². The molecule has 0 aromatic heterocycles. The first-order chi connectivity index (χ1) is 7.18. The predicted molar refractivity (Wildman–Crippen MR) is 70.9 cm³/mol. The molecule has 0 spiro atoms. The van der Waals surface area contributed by atoms with Crippen LogP contribution in [0.5, 0.6) is 0 Å². The maximum absolute atomic E-state index is 2.18. The second-order valence-corrected chi connectivity index (χ2v) is 3.71. The lowest BCUT2D eigenvalue weighted by atomic mass is 10.1. The summed E-state index contributed by atoms with van der Waals surface area (Å²) in [6.45, 7) is 8.49. The molecule has 0 aromatic rings. The SMILES string of the molecule is CC=C/C=C/C=C/C=C/CC(C)=C(C)C. The lowest BCUT2D eigenvalue weighted by molar-refractivity contribution is 1.13. The van der Waals surface area contributed by atoms with E-state index in [0.29, 0.717) is 0 Å². The van der Waals surface area contributed by atoms with Gasteiger partial charge in [0, 0.05) is 0 Å². The predicted octanol–water partition coefficient (Wildman–Crippen LogP) is 4.98. The van der Waals surface area contributed by atoms with Crippen molar-refractivity contribution in [2.45, 2.75) is 34.1 Å². The quantitative estimate of drug-likeness (QED) is 0.436. The van der Waals surface area contributed by atoms with Crippen molar-refractivity contribution in [2.24, 2.45) is 0 Å². The summed E-state index contributed by atoms with van der Waals surface area (Å²) in [5.41, 5.74) is 2.86. The average molecular weight is 202 g/mol. The minimum absolute atomic E-state index is 1.05. The summed E-state index contributed by atoms with van der Waals surface area (Å²) in [6, 6.07) is 0. The van der Waals surface area contributed by atoms with Crippen LogP contribution in [0, 0.1) is 0 Å². The smallest absolute Gasteiger partial charge is 0.0136 e. The van der Waals surface area contributed by atoms with Gasteiger partial charge in [0.2, 0.25) is 0 Å². The van der Waals surface area contributed by atoms with Crippen LogP contribution in [0.4, 0.5) is 0 Å². The molecule has 15 heavy (non-hydrogen) atoms. The molecule has 0 bridgehead atoms. The largest absolute Gasteiger partial charge is 0.0877 e. The number of hydrogen-bond donors (Lipinski definition) is 0. The van der Waals surface area contributed by atoms with Gasteiger partial charge in [0.15, 0.2) is 0 Å². The summed E-state index contributed by atoms with van der Waals surface area (Å²) in [5, 5.41) is 0. The minimum Gasteiger partial charge on any atom is -0.0877 e. The van der Waals surface area contributed by atoms with Crippen LogP contribution in [-0.4, -0.2) is 0 Å². The monoisotopic (exact) mass is 202 g/mol. The Hall–Kier alpha value is -1.30. The molecule has 0 saturated heterocycles. The molecule has 0 aromatic carbocycles. The van der Waals surface area contributed by atoms with Crippen molar-refractivity contribution in [2.75, 3.05) is 0 Å². The fourth-order valence-electron chi connectivity index (χ4n) is 0.895. The van der Waals surface area contributed by atoms with Crippen LogP contribution in [0.2, 0.25) is 0 Å². The van der Waals surface area contributed by atoms with Crippen molar-refractivity contribution in [1.82, 2.24) is 0 Å². The van der Waals surface area contributed by atoms with E-state index in [2.05, 4.69) is 39.0 Å². The van der Waals surface area contributed by atoms with Crippen molar-refractivity contribution in [3.63, 3.8) is 0 Å². The Labute approximate surface area is 94.4 Å². The summed E-state index contributed by atoms with van der Waals surface area (Å²) in [6.07, 6.45) is 17.5. The van der Waals surface area contributed by atoms with Crippen molar-refractivity contribution >= 4 is 0 Å². The van der Waals surface area contributed by atoms with Crippen LogP contribution in [0.25, 0.3) is 0 Å². The fraction of sp³-hybridized carbons (Fsp3) is 0.333. The van der Waals surface area contributed by atoms with Crippen molar-refractivity contribution in [3.05, 3.63) is 59.8 Å². The second kappa shape index (κ2) is 9.26. The molecule has 0 heterocycles. The van der Waals surface area contributed by atoms with Gasteiger partial charge in [-0.05, 0) is 34.1 Å². The van der Waals surface area contributed by atoms with Crippen molar-refractivity contribution in [1.29, 1.82) is 0 Å². The highest BCUT2D eigenvalue weighted by molar-refractivity contribution is 5.17. The highest BCUT2D eigenvalue weighted by atomic mass is 13.9. The van der Waals surface area contributed by atoms with E-state index < -0.39 is 0 Å². The van der Waals surface area contributed by atoms with Crippen molar-refractivity contribution in [3.8, 4) is 0 Å². The topological polar surface area (TPSA) is 0 Å². The van der Waals surface area contributed by atoms with Crippen LogP contribution in [0.1, 0.15) is 34.1 Å². The standard InChI is InChI=1S/C15H22/c1-5-6-7-8-9-10-11-12-13-15(4)14(2)3/h5-12H,13H2,1-4H3/b6-5?,8-7+,10-9+,12-11+. The third-order valence-corrected chi connectivity index (χ3v) is 2.16. The molecule has 0 unspecified atom stereocenters. The Kier molecular flexibility index (Phi) is 8.46. The number of rotatable bonds is 5. The van der Waals surface area contributed by atoms with Gasteiger partial charge in [0.1, 0.15) is 0 Å². The fourth-order valence-corrected chi connectivity index (χ4v) is 0.895. The molecule has 0 rings (SSSR count). The van der Waals surface area contributed by atoms with E-state index in [0.717, 1.165) is 6.42 Å². The molecule has 0 amide bonds. The van der Waals surface area contributed by atoms with E-state index in [1.165, 1.54) is 11.1 Å². The van der Waals surface area contributed by atoms with E-state index in [9.17, 15) is 0 Å². The highest BCUT2D eigenvalue weighted by Crippen LogP contribution is 2.06. The Balaban J connectivity index is 3.86. The zero-order chi connectivity index (χ0) is 11.5. The zero-order valence-corrected chi connectivity index (χ0v) is 10.3. The van der Waals surface area contributed by atoms with Crippen LogP contribution < -0.4 is 0 Å². The molecule has 0 fully saturated rings. The van der Waals surface area contributed by atoms with Gasteiger partial charge < -0.3 is 0 Å². The molecule has 0 N–H and O–H groups in total. The third kappa shape index (κ3) is 9.01. The normalized spacial score (nSPS) is 12.5. The number of hydrogen-bond acceptors (Lipinski definition) is 0. The molecule has 0 saturated carbocycles. The summed E-state index contributed by atoms with van der Waals surface area (Å²) in [4.78, 5) is 0. The van der Waals surface area contributed by atoms with Crippen molar-refractivity contribution < 1.29 is 0 Å². The molecule has 0 atom stereocenters. The summed E-state index contributed by atoms with van der Waals surface area (Å²) < 4.78 is 0. The van der Waals surface area contributed by atoms with E-state index in [1.807, 2.05) is 37.3 Å². The van der Waals surface area contributed by atoms with Gasteiger partial charge in [-0.1, -0.05) is 59.8 Å². The summed E-state index contributed by atoms with van der Waals surface area (Å²) >= 11 is 0. The Bertz CT molecular complexity index is 292. The first-order valence-electron chi connectivity index (χ1n) is 5.42. The molecule has 0 aliphatic rings. The molecule has 0 heteroatoms. The first-order valence-corrected chi connectivity index (χ1v) is 5.42. The van der Waals surface area contributed by atoms with Crippen LogP contribution in [-0.2, 0) is 0 Å². The van der Waals surface area contributed by atoms with Crippen LogP contribution in [0.3, 0.4) is 0 Å².